The summed E-state index contributed by atoms with van der Waals surface area (Å²) in [4.78, 5) is 16.5. The van der Waals surface area contributed by atoms with Crippen molar-refractivity contribution in [2.24, 2.45) is 0 Å². The van der Waals surface area contributed by atoms with Gasteiger partial charge in [-0.15, -0.1) is 0 Å². The Labute approximate surface area is 149 Å². The van der Waals surface area contributed by atoms with Crippen LogP contribution in [0.15, 0.2) is 36.5 Å². The average Bonchev–Trinajstić information content (AvgIpc) is 3.25. The van der Waals surface area contributed by atoms with Gasteiger partial charge in [0.25, 0.3) is 0 Å². The lowest BCUT2D eigenvalue weighted by Gasteiger charge is -2.17. The molecule has 3 rings (SSSR count). The first-order chi connectivity index (χ1) is 12.2. The Morgan fingerprint density at radius 1 is 1.12 bits per heavy atom. The zero-order valence-corrected chi connectivity index (χ0v) is 15.0. The summed E-state index contributed by atoms with van der Waals surface area (Å²) in [7, 11) is 0. The number of rotatable bonds is 7. The molecule has 1 heterocycles. The average molecular weight is 340 g/mol. The van der Waals surface area contributed by atoms with Crippen molar-refractivity contribution in [2.75, 3.05) is 13.1 Å². The number of hydrogen-bond donors (Lipinski definition) is 2. The molecule has 0 atom stereocenters. The number of urea groups is 1. The summed E-state index contributed by atoms with van der Waals surface area (Å²) in [5.74, 6) is 1.09. The van der Waals surface area contributed by atoms with Crippen LogP contribution in [0.5, 0.6) is 0 Å². The lowest BCUT2D eigenvalue weighted by atomic mass is 10.1. The Morgan fingerprint density at radius 3 is 2.52 bits per heavy atom. The molecule has 5 nitrogen and oxygen atoms in total. The third-order valence-corrected chi connectivity index (χ3v) is 4.92. The summed E-state index contributed by atoms with van der Waals surface area (Å²) in [6.07, 6.45) is 8.69. The monoisotopic (exact) mass is 340 g/mol. The van der Waals surface area contributed by atoms with E-state index in [1.54, 1.807) is 0 Å². The fourth-order valence-corrected chi connectivity index (χ4v) is 3.66. The van der Waals surface area contributed by atoms with E-state index in [0.717, 1.165) is 18.7 Å². The first kappa shape index (κ1) is 17.5. The van der Waals surface area contributed by atoms with Gasteiger partial charge in [-0.2, -0.15) is 0 Å². The van der Waals surface area contributed by atoms with Crippen molar-refractivity contribution in [3.05, 3.63) is 53.6 Å². The van der Waals surface area contributed by atoms with Gasteiger partial charge in [-0.1, -0.05) is 43.2 Å². The van der Waals surface area contributed by atoms with E-state index >= 15 is 0 Å². The second-order valence-corrected chi connectivity index (χ2v) is 6.79. The summed E-state index contributed by atoms with van der Waals surface area (Å²) in [6.45, 7) is 3.38. The number of nitrogens with one attached hydrogen (secondary N) is 2. The smallest absolute Gasteiger partial charge is 0.314 e. The zero-order valence-electron chi connectivity index (χ0n) is 15.0. The number of imidazole rings is 1. The van der Waals surface area contributed by atoms with Crippen LogP contribution in [0.3, 0.4) is 0 Å². The highest BCUT2D eigenvalue weighted by Crippen LogP contribution is 2.31. The number of aryl methyl sites for hydroxylation is 1. The number of aromatic nitrogens is 2. The highest BCUT2D eigenvalue weighted by Gasteiger charge is 2.21. The lowest BCUT2D eigenvalue weighted by molar-refractivity contribution is 0.241. The van der Waals surface area contributed by atoms with Gasteiger partial charge in [0.05, 0.1) is 0 Å². The Morgan fingerprint density at radius 2 is 1.80 bits per heavy atom. The van der Waals surface area contributed by atoms with Gasteiger partial charge in [0, 0.05) is 37.4 Å². The molecule has 1 aromatic heterocycles. The molecule has 0 spiro atoms. The van der Waals surface area contributed by atoms with Gasteiger partial charge < -0.3 is 15.2 Å². The zero-order chi connectivity index (χ0) is 17.5. The van der Waals surface area contributed by atoms with E-state index in [4.69, 9.17) is 0 Å². The Balaban J connectivity index is 1.40. The minimum Gasteiger partial charge on any atom is -0.338 e. The quantitative estimate of drug-likeness (QED) is 0.812. The molecule has 1 fully saturated rings. The van der Waals surface area contributed by atoms with E-state index in [-0.39, 0.29) is 6.03 Å². The van der Waals surface area contributed by atoms with Gasteiger partial charge in [0.1, 0.15) is 5.82 Å². The van der Waals surface area contributed by atoms with Crippen molar-refractivity contribution in [3.63, 3.8) is 0 Å². The Hall–Kier alpha value is -2.30. The molecular weight excluding hydrogens is 312 g/mol. The second kappa shape index (κ2) is 8.70. The topological polar surface area (TPSA) is 59.0 Å². The number of amides is 2. The number of carbonyl (C=O) groups excluding carboxylic acids is 1. The molecule has 2 N–H and O–H groups in total. The maximum Gasteiger partial charge on any atom is 0.314 e. The van der Waals surface area contributed by atoms with Crippen LogP contribution in [-0.2, 0) is 12.8 Å². The Kier molecular flexibility index (Phi) is 6.09. The molecule has 0 saturated heterocycles. The molecule has 2 aromatic rings. The predicted molar refractivity (Wildman–Crippen MR) is 99.7 cm³/mol. The van der Waals surface area contributed by atoms with Crippen LogP contribution in [-0.4, -0.2) is 28.7 Å². The van der Waals surface area contributed by atoms with Gasteiger partial charge in [0.2, 0.25) is 0 Å². The highest BCUT2D eigenvalue weighted by molar-refractivity contribution is 5.73. The molecule has 1 saturated carbocycles. The number of carbonyl (C=O) groups is 1. The van der Waals surface area contributed by atoms with E-state index in [1.165, 1.54) is 36.9 Å². The van der Waals surface area contributed by atoms with E-state index in [0.29, 0.717) is 19.1 Å². The standard InChI is InChI=1S/C20H28N4O/c1-16-15-23-19(24(16)18-9-5-6-10-18)12-14-22-20(25)21-13-11-17-7-3-2-4-8-17/h2-4,7-8,15,18H,5-6,9-14H2,1H3,(H2,21,22,25). The van der Waals surface area contributed by atoms with Crippen LogP contribution in [0.25, 0.3) is 0 Å². The Bertz CT molecular complexity index is 674. The van der Waals surface area contributed by atoms with Crippen LogP contribution in [0.1, 0.15) is 48.8 Å². The van der Waals surface area contributed by atoms with Crippen molar-refractivity contribution >= 4 is 6.03 Å². The van der Waals surface area contributed by atoms with Gasteiger partial charge in [-0.25, -0.2) is 9.78 Å². The van der Waals surface area contributed by atoms with Crippen LogP contribution >= 0.6 is 0 Å². The molecule has 0 bridgehead atoms. The fraction of sp³-hybridized carbons (Fsp3) is 0.500. The first-order valence-corrected chi connectivity index (χ1v) is 9.32. The van der Waals surface area contributed by atoms with E-state index in [9.17, 15) is 4.79 Å². The normalized spacial score (nSPS) is 14.6. The van der Waals surface area contributed by atoms with E-state index < -0.39 is 0 Å². The van der Waals surface area contributed by atoms with Crippen LogP contribution in [0.2, 0.25) is 0 Å². The molecule has 0 radical (unpaired) electrons. The largest absolute Gasteiger partial charge is 0.338 e. The number of benzene rings is 1. The third-order valence-electron chi connectivity index (χ3n) is 4.92. The summed E-state index contributed by atoms with van der Waals surface area (Å²) < 4.78 is 2.38. The van der Waals surface area contributed by atoms with Gasteiger partial charge >= 0.3 is 6.03 Å². The van der Waals surface area contributed by atoms with Gasteiger partial charge in [-0.3, -0.25) is 0 Å². The maximum absolute atomic E-state index is 11.9. The van der Waals surface area contributed by atoms with Crippen molar-refractivity contribution in [2.45, 2.75) is 51.5 Å². The van der Waals surface area contributed by atoms with Crippen LogP contribution in [0.4, 0.5) is 4.79 Å². The molecule has 1 aliphatic carbocycles. The molecule has 1 aliphatic rings. The summed E-state index contributed by atoms with van der Waals surface area (Å²) in [5.41, 5.74) is 2.46. The summed E-state index contributed by atoms with van der Waals surface area (Å²) >= 11 is 0. The molecule has 134 valence electrons. The lowest BCUT2D eigenvalue weighted by Crippen LogP contribution is -2.37. The fourth-order valence-electron chi connectivity index (χ4n) is 3.66. The molecule has 0 unspecified atom stereocenters. The van der Waals surface area contributed by atoms with Gasteiger partial charge in [0.15, 0.2) is 0 Å². The highest BCUT2D eigenvalue weighted by atomic mass is 16.2. The molecular formula is C20H28N4O. The minimum atomic E-state index is -0.105. The van der Waals surface area contributed by atoms with Crippen LogP contribution < -0.4 is 10.6 Å². The number of nitrogens with zero attached hydrogens (tertiary/aromatic N) is 2. The second-order valence-electron chi connectivity index (χ2n) is 6.79. The van der Waals surface area contributed by atoms with Crippen molar-refractivity contribution in [3.8, 4) is 0 Å². The van der Waals surface area contributed by atoms with Crippen molar-refractivity contribution < 1.29 is 4.79 Å². The summed E-state index contributed by atoms with van der Waals surface area (Å²) in [6, 6.07) is 10.7. The van der Waals surface area contributed by atoms with Crippen molar-refractivity contribution in [1.29, 1.82) is 0 Å². The SMILES string of the molecule is Cc1cnc(CCNC(=O)NCCc2ccccc2)n1C1CCCC1. The van der Waals surface area contributed by atoms with Crippen molar-refractivity contribution in [1.82, 2.24) is 20.2 Å². The summed E-state index contributed by atoms with van der Waals surface area (Å²) in [5, 5.41) is 5.86. The van der Waals surface area contributed by atoms with Crippen LogP contribution in [0, 0.1) is 6.92 Å². The maximum atomic E-state index is 11.9. The number of hydrogen-bond acceptors (Lipinski definition) is 2. The first-order valence-electron chi connectivity index (χ1n) is 9.32. The van der Waals surface area contributed by atoms with Gasteiger partial charge in [-0.05, 0) is 31.7 Å². The molecule has 1 aromatic carbocycles. The predicted octanol–water partition coefficient (Wildman–Crippen LogP) is 3.39. The molecule has 2 amide bonds. The van der Waals surface area contributed by atoms with E-state index in [1.807, 2.05) is 24.4 Å². The molecule has 0 aliphatic heterocycles. The minimum absolute atomic E-state index is 0.105. The van der Waals surface area contributed by atoms with E-state index in [2.05, 4.69) is 39.2 Å². The third kappa shape index (κ3) is 4.84. The molecule has 25 heavy (non-hydrogen) atoms. The molecule has 5 heteroatoms.